The molecule has 0 saturated carbocycles. The van der Waals surface area contributed by atoms with Gasteiger partial charge in [-0.2, -0.15) is 11.3 Å². The van der Waals surface area contributed by atoms with Crippen LogP contribution in [0.15, 0.2) is 16.8 Å². The van der Waals surface area contributed by atoms with Gasteiger partial charge >= 0.3 is 0 Å². The first-order chi connectivity index (χ1) is 4.29. The Bertz CT molecular complexity index is 160. The Balaban J connectivity index is 0.000000810. The molecule has 1 aromatic rings. The second-order valence-corrected chi connectivity index (χ2v) is 3.09. The Morgan fingerprint density at radius 1 is 1.70 bits per heavy atom. The third-order valence-corrected chi connectivity index (χ3v) is 1.87. The summed E-state index contributed by atoms with van der Waals surface area (Å²) in [6.07, 6.45) is 1.00. The van der Waals surface area contributed by atoms with Crippen molar-refractivity contribution in [2.45, 2.75) is 19.4 Å². The third kappa shape index (κ3) is 3.20. The summed E-state index contributed by atoms with van der Waals surface area (Å²) in [5.74, 6) is 0. The SMILES string of the molecule is CC(N)Cc1ccsc1.Cl. The van der Waals surface area contributed by atoms with Crippen LogP contribution < -0.4 is 5.73 Å². The molecule has 0 spiro atoms. The normalized spacial score (nSPS) is 12.2. The van der Waals surface area contributed by atoms with Crippen LogP contribution in [0.2, 0.25) is 0 Å². The van der Waals surface area contributed by atoms with Gasteiger partial charge in [0.15, 0.2) is 0 Å². The summed E-state index contributed by atoms with van der Waals surface area (Å²) in [7, 11) is 0. The number of thiophene rings is 1. The van der Waals surface area contributed by atoms with E-state index in [1.807, 2.05) is 6.92 Å². The summed E-state index contributed by atoms with van der Waals surface area (Å²) >= 11 is 1.73. The fourth-order valence-electron chi connectivity index (χ4n) is 0.781. The van der Waals surface area contributed by atoms with Crippen molar-refractivity contribution in [1.29, 1.82) is 0 Å². The quantitative estimate of drug-likeness (QED) is 0.736. The van der Waals surface area contributed by atoms with Gasteiger partial charge in [0.05, 0.1) is 0 Å². The zero-order valence-electron chi connectivity index (χ0n) is 5.91. The maximum absolute atomic E-state index is 5.59. The number of rotatable bonds is 2. The highest BCUT2D eigenvalue weighted by Crippen LogP contribution is 2.07. The van der Waals surface area contributed by atoms with Crippen LogP contribution in [0.5, 0.6) is 0 Å². The van der Waals surface area contributed by atoms with Gasteiger partial charge in [0, 0.05) is 6.04 Å². The van der Waals surface area contributed by atoms with E-state index in [2.05, 4.69) is 16.8 Å². The predicted octanol–water partition coefficient (Wildman–Crippen LogP) is 2.06. The molecule has 10 heavy (non-hydrogen) atoms. The molecule has 58 valence electrons. The maximum Gasteiger partial charge on any atom is 0.00512 e. The highest BCUT2D eigenvalue weighted by atomic mass is 35.5. The van der Waals surface area contributed by atoms with Gasteiger partial charge in [0.1, 0.15) is 0 Å². The first kappa shape index (κ1) is 9.95. The Hall–Kier alpha value is -0.0500. The molecule has 0 amide bonds. The highest BCUT2D eigenvalue weighted by molar-refractivity contribution is 7.07. The minimum atomic E-state index is 0. The van der Waals surface area contributed by atoms with Crippen molar-refractivity contribution in [2.75, 3.05) is 0 Å². The Morgan fingerprint density at radius 3 is 2.80 bits per heavy atom. The van der Waals surface area contributed by atoms with E-state index in [0.717, 1.165) is 6.42 Å². The molecule has 3 heteroatoms. The number of hydrogen-bond acceptors (Lipinski definition) is 2. The Kier molecular flexibility index (Phi) is 4.69. The Morgan fingerprint density at radius 2 is 2.40 bits per heavy atom. The van der Waals surface area contributed by atoms with Crippen LogP contribution in [0.4, 0.5) is 0 Å². The van der Waals surface area contributed by atoms with E-state index in [-0.39, 0.29) is 12.4 Å². The lowest BCUT2D eigenvalue weighted by atomic mass is 10.1. The van der Waals surface area contributed by atoms with Crippen molar-refractivity contribution >= 4 is 23.7 Å². The van der Waals surface area contributed by atoms with Crippen LogP contribution in [-0.2, 0) is 6.42 Å². The fraction of sp³-hybridized carbons (Fsp3) is 0.429. The van der Waals surface area contributed by atoms with E-state index < -0.39 is 0 Å². The van der Waals surface area contributed by atoms with E-state index in [1.54, 1.807) is 11.3 Å². The van der Waals surface area contributed by atoms with E-state index in [9.17, 15) is 0 Å². The number of nitrogens with two attached hydrogens (primary N) is 1. The molecular formula is C7H12ClNS. The number of halogens is 1. The maximum atomic E-state index is 5.59. The molecule has 1 nitrogen and oxygen atoms in total. The number of hydrogen-bond donors (Lipinski definition) is 1. The molecule has 0 aliphatic rings. The smallest absolute Gasteiger partial charge is 0.00512 e. The van der Waals surface area contributed by atoms with Crippen molar-refractivity contribution in [3.8, 4) is 0 Å². The monoisotopic (exact) mass is 177 g/mol. The van der Waals surface area contributed by atoms with E-state index in [0.29, 0.717) is 6.04 Å². The average molecular weight is 178 g/mol. The van der Waals surface area contributed by atoms with Gasteiger partial charge < -0.3 is 5.73 Å². The fourth-order valence-corrected chi connectivity index (χ4v) is 1.46. The van der Waals surface area contributed by atoms with Crippen LogP contribution in [0, 0.1) is 0 Å². The van der Waals surface area contributed by atoms with Crippen LogP contribution in [0.1, 0.15) is 12.5 Å². The van der Waals surface area contributed by atoms with Crippen molar-refractivity contribution in [2.24, 2.45) is 5.73 Å². The zero-order valence-corrected chi connectivity index (χ0v) is 7.54. The molecule has 0 aromatic carbocycles. The van der Waals surface area contributed by atoms with Crippen LogP contribution in [-0.4, -0.2) is 6.04 Å². The molecule has 1 unspecified atom stereocenters. The predicted molar refractivity (Wildman–Crippen MR) is 48.9 cm³/mol. The van der Waals surface area contributed by atoms with Crippen molar-refractivity contribution < 1.29 is 0 Å². The van der Waals surface area contributed by atoms with Crippen molar-refractivity contribution in [3.63, 3.8) is 0 Å². The molecule has 1 heterocycles. The zero-order chi connectivity index (χ0) is 6.69. The topological polar surface area (TPSA) is 26.0 Å². The molecule has 0 aliphatic carbocycles. The van der Waals surface area contributed by atoms with Gasteiger partial charge in [-0.1, -0.05) is 0 Å². The largest absolute Gasteiger partial charge is 0.328 e. The van der Waals surface area contributed by atoms with Crippen molar-refractivity contribution in [3.05, 3.63) is 22.4 Å². The van der Waals surface area contributed by atoms with E-state index >= 15 is 0 Å². The molecule has 0 bridgehead atoms. The van der Waals surface area contributed by atoms with Crippen LogP contribution >= 0.6 is 23.7 Å². The molecular weight excluding hydrogens is 166 g/mol. The van der Waals surface area contributed by atoms with Gasteiger partial charge in [-0.3, -0.25) is 0 Å². The van der Waals surface area contributed by atoms with Gasteiger partial charge in [-0.05, 0) is 35.7 Å². The molecule has 1 aromatic heterocycles. The lowest BCUT2D eigenvalue weighted by Crippen LogP contribution is -2.17. The second-order valence-electron chi connectivity index (χ2n) is 2.31. The molecule has 1 rings (SSSR count). The lowest BCUT2D eigenvalue weighted by Gasteiger charge is -1.99. The summed E-state index contributed by atoms with van der Waals surface area (Å²) in [5.41, 5.74) is 6.94. The van der Waals surface area contributed by atoms with Crippen molar-refractivity contribution in [1.82, 2.24) is 0 Å². The Labute approximate surface area is 71.7 Å². The van der Waals surface area contributed by atoms with E-state index in [1.165, 1.54) is 5.56 Å². The van der Waals surface area contributed by atoms with Gasteiger partial charge in [0.2, 0.25) is 0 Å². The summed E-state index contributed by atoms with van der Waals surface area (Å²) in [5, 5.41) is 4.22. The molecule has 0 aliphatic heterocycles. The van der Waals surface area contributed by atoms with Gasteiger partial charge in [-0.25, -0.2) is 0 Å². The highest BCUT2D eigenvalue weighted by Gasteiger charge is 1.95. The van der Waals surface area contributed by atoms with Crippen LogP contribution in [0.3, 0.4) is 0 Å². The third-order valence-electron chi connectivity index (χ3n) is 1.14. The summed E-state index contributed by atoms with van der Waals surface area (Å²) in [4.78, 5) is 0. The minimum absolute atomic E-state index is 0. The van der Waals surface area contributed by atoms with Crippen LogP contribution in [0.25, 0.3) is 0 Å². The molecule has 0 radical (unpaired) electrons. The van der Waals surface area contributed by atoms with Gasteiger partial charge in [0.25, 0.3) is 0 Å². The first-order valence-electron chi connectivity index (χ1n) is 3.05. The molecule has 1 atom stereocenters. The first-order valence-corrected chi connectivity index (χ1v) is 4.00. The average Bonchev–Trinajstić information content (AvgIpc) is 2.15. The van der Waals surface area contributed by atoms with E-state index in [4.69, 9.17) is 5.73 Å². The lowest BCUT2D eigenvalue weighted by molar-refractivity contribution is 0.740. The minimum Gasteiger partial charge on any atom is -0.328 e. The standard InChI is InChI=1S/C7H11NS.ClH/c1-6(8)4-7-2-3-9-5-7;/h2-3,5-6H,4,8H2,1H3;1H. The second kappa shape index (κ2) is 4.72. The summed E-state index contributed by atoms with van der Waals surface area (Å²) in [6, 6.07) is 2.41. The van der Waals surface area contributed by atoms with Gasteiger partial charge in [-0.15, -0.1) is 12.4 Å². The summed E-state index contributed by atoms with van der Waals surface area (Å²) < 4.78 is 0. The molecule has 0 saturated heterocycles. The summed E-state index contributed by atoms with van der Waals surface area (Å²) in [6.45, 7) is 2.03. The molecule has 0 fully saturated rings. The molecule has 2 N–H and O–H groups in total.